The molecule has 2 N–H and O–H groups in total. The maximum absolute atomic E-state index is 12.2. The van der Waals surface area contributed by atoms with Crippen molar-refractivity contribution in [2.45, 2.75) is 6.04 Å². The second kappa shape index (κ2) is 7.59. The summed E-state index contributed by atoms with van der Waals surface area (Å²) in [4.78, 5) is 18.1. The third kappa shape index (κ3) is 4.96. The summed E-state index contributed by atoms with van der Waals surface area (Å²) in [5, 5.41) is 9.58. The number of hydrogen-bond acceptors (Lipinski definition) is 5. The van der Waals surface area contributed by atoms with E-state index in [1.165, 1.54) is 11.0 Å². The molecule has 2 rings (SSSR count). The number of carbonyl (C=O) groups is 1. The van der Waals surface area contributed by atoms with Gasteiger partial charge in [0.1, 0.15) is 12.1 Å². The van der Waals surface area contributed by atoms with Crippen molar-refractivity contribution in [3.63, 3.8) is 0 Å². The van der Waals surface area contributed by atoms with Crippen molar-refractivity contribution < 1.29 is 9.53 Å². The number of hydrogen-bond donors (Lipinski definition) is 2. The van der Waals surface area contributed by atoms with Crippen LogP contribution in [0.15, 0.2) is 30.6 Å². The van der Waals surface area contributed by atoms with Crippen LogP contribution in [0.5, 0.6) is 5.75 Å². The Hall–Kier alpha value is -2.61. The Bertz CT molecular complexity index is 638. The molecule has 1 atom stereocenters. The molecule has 1 unspecified atom stereocenters. The fraction of sp³-hybridized carbons (Fsp3) is 0.400. The first kappa shape index (κ1) is 16.8. The molecule has 0 fully saturated rings. The van der Waals surface area contributed by atoms with E-state index in [1.54, 1.807) is 14.2 Å². The lowest BCUT2D eigenvalue weighted by Crippen LogP contribution is -2.38. The molecular weight excluding hydrogens is 296 g/mol. The van der Waals surface area contributed by atoms with Gasteiger partial charge in [0, 0.05) is 13.6 Å². The second-order valence-electron chi connectivity index (χ2n) is 5.43. The van der Waals surface area contributed by atoms with Crippen LogP contribution in [-0.4, -0.2) is 53.4 Å². The minimum Gasteiger partial charge on any atom is -0.497 e. The van der Waals surface area contributed by atoms with E-state index in [4.69, 9.17) is 4.74 Å². The predicted octanol–water partition coefficient (Wildman–Crippen LogP) is 1.25. The van der Waals surface area contributed by atoms with Crippen LogP contribution in [0.3, 0.4) is 0 Å². The number of amides is 2. The number of rotatable bonds is 6. The quantitative estimate of drug-likeness (QED) is 0.837. The van der Waals surface area contributed by atoms with Gasteiger partial charge < -0.3 is 15.0 Å². The summed E-state index contributed by atoms with van der Waals surface area (Å²) in [7, 11) is 7.27. The van der Waals surface area contributed by atoms with E-state index in [9.17, 15) is 4.79 Å². The summed E-state index contributed by atoms with van der Waals surface area (Å²) in [6.45, 7) is 0.662. The standard InChI is InChI=1S/C15H22N6O2/c1-20(2)9-13(11-5-7-12(23-4)8-6-11)17-15(22)18-14-16-10-21(3)19-14/h5-8,10,13H,9H2,1-4H3,(H2,17,18,19,22). The Morgan fingerprint density at radius 3 is 2.57 bits per heavy atom. The summed E-state index contributed by atoms with van der Waals surface area (Å²) in [5.74, 6) is 1.04. The lowest BCUT2D eigenvalue weighted by Gasteiger charge is -2.22. The van der Waals surface area contributed by atoms with Gasteiger partial charge in [-0.1, -0.05) is 12.1 Å². The summed E-state index contributed by atoms with van der Waals surface area (Å²) < 4.78 is 6.69. The van der Waals surface area contributed by atoms with Crippen LogP contribution in [0.1, 0.15) is 11.6 Å². The summed E-state index contributed by atoms with van der Waals surface area (Å²) in [6.07, 6.45) is 1.52. The Balaban J connectivity index is 2.06. The number of urea groups is 1. The van der Waals surface area contributed by atoms with Gasteiger partial charge in [0.2, 0.25) is 5.95 Å². The molecule has 0 bridgehead atoms. The van der Waals surface area contributed by atoms with Gasteiger partial charge in [-0.25, -0.2) is 9.78 Å². The number of benzene rings is 1. The first-order valence-corrected chi connectivity index (χ1v) is 7.19. The zero-order valence-corrected chi connectivity index (χ0v) is 13.8. The van der Waals surface area contributed by atoms with Gasteiger partial charge in [-0.3, -0.25) is 10.00 Å². The zero-order valence-electron chi connectivity index (χ0n) is 13.8. The minimum absolute atomic E-state index is 0.167. The van der Waals surface area contributed by atoms with Crippen molar-refractivity contribution in [3.8, 4) is 5.75 Å². The van der Waals surface area contributed by atoms with Gasteiger partial charge in [0.15, 0.2) is 0 Å². The average molecular weight is 318 g/mol. The van der Waals surface area contributed by atoms with Crippen LogP contribution >= 0.6 is 0 Å². The molecule has 0 aliphatic carbocycles. The lowest BCUT2D eigenvalue weighted by atomic mass is 10.1. The highest BCUT2D eigenvalue weighted by atomic mass is 16.5. The van der Waals surface area contributed by atoms with Gasteiger partial charge in [0.25, 0.3) is 0 Å². The van der Waals surface area contributed by atoms with Crippen LogP contribution < -0.4 is 15.4 Å². The number of anilines is 1. The van der Waals surface area contributed by atoms with Crippen LogP contribution in [0, 0.1) is 0 Å². The van der Waals surface area contributed by atoms with E-state index in [2.05, 4.69) is 20.7 Å². The fourth-order valence-electron chi connectivity index (χ4n) is 2.13. The number of aromatic nitrogens is 3. The van der Waals surface area contributed by atoms with E-state index in [0.717, 1.165) is 11.3 Å². The molecule has 1 aromatic carbocycles. The Morgan fingerprint density at radius 2 is 2.04 bits per heavy atom. The van der Waals surface area contributed by atoms with Crippen LogP contribution in [0.25, 0.3) is 0 Å². The molecule has 124 valence electrons. The number of ether oxygens (including phenoxy) is 1. The van der Waals surface area contributed by atoms with Crippen molar-refractivity contribution in [2.75, 3.05) is 33.1 Å². The van der Waals surface area contributed by atoms with Gasteiger partial charge in [-0.2, -0.15) is 0 Å². The highest BCUT2D eigenvalue weighted by Crippen LogP contribution is 2.18. The topological polar surface area (TPSA) is 84.3 Å². The molecule has 2 aromatic rings. The molecule has 0 aliphatic rings. The second-order valence-corrected chi connectivity index (χ2v) is 5.43. The fourth-order valence-corrected chi connectivity index (χ4v) is 2.13. The maximum atomic E-state index is 12.2. The zero-order chi connectivity index (χ0) is 16.8. The van der Waals surface area contributed by atoms with Crippen molar-refractivity contribution in [1.82, 2.24) is 25.0 Å². The molecule has 0 spiro atoms. The number of methoxy groups -OCH3 is 1. The van der Waals surface area contributed by atoms with Gasteiger partial charge in [-0.15, -0.1) is 5.10 Å². The summed E-state index contributed by atoms with van der Waals surface area (Å²) >= 11 is 0. The van der Waals surface area contributed by atoms with Crippen LogP contribution in [0.4, 0.5) is 10.7 Å². The minimum atomic E-state index is -0.348. The maximum Gasteiger partial charge on any atom is 0.322 e. The molecular formula is C15H22N6O2. The number of carbonyl (C=O) groups excluding carboxylic acids is 1. The Kier molecular flexibility index (Phi) is 5.53. The van der Waals surface area contributed by atoms with E-state index in [0.29, 0.717) is 6.54 Å². The molecule has 0 saturated heterocycles. The Morgan fingerprint density at radius 1 is 1.35 bits per heavy atom. The number of nitrogens with zero attached hydrogens (tertiary/aromatic N) is 4. The lowest BCUT2D eigenvalue weighted by molar-refractivity contribution is 0.244. The molecule has 23 heavy (non-hydrogen) atoms. The summed E-state index contributed by atoms with van der Waals surface area (Å²) in [5.41, 5.74) is 0.989. The van der Waals surface area contributed by atoms with Gasteiger partial charge >= 0.3 is 6.03 Å². The monoisotopic (exact) mass is 318 g/mol. The molecule has 1 heterocycles. The van der Waals surface area contributed by atoms with Crippen molar-refractivity contribution in [1.29, 1.82) is 0 Å². The first-order chi connectivity index (χ1) is 11.0. The van der Waals surface area contributed by atoms with Crippen molar-refractivity contribution >= 4 is 12.0 Å². The first-order valence-electron chi connectivity index (χ1n) is 7.19. The third-order valence-corrected chi connectivity index (χ3v) is 3.20. The normalized spacial score (nSPS) is 12.0. The van der Waals surface area contributed by atoms with E-state index >= 15 is 0 Å². The van der Waals surface area contributed by atoms with Crippen molar-refractivity contribution in [2.24, 2.45) is 7.05 Å². The molecule has 0 aliphatic heterocycles. The van der Waals surface area contributed by atoms with Gasteiger partial charge in [-0.05, 0) is 31.8 Å². The van der Waals surface area contributed by atoms with Crippen LogP contribution in [-0.2, 0) is 7.05 Å². The van der Waals surface area contributed by atoms with Gasteiger partial charge in [0.05, 0.1) is 13.2 Å². The molecule has 0 saturated carbocycles. The average Bonchev–Trinajstić information content (AvgIpc) is 2.91. The molecule has 8 heteroatoms. The van der Waals surface area contributed by atoms with Crippen molar-refractivity contribution in [3.05, 3.63) is 36.2 Å². The molecule has 1 aromatic heterocycles. The highest BCUT2D eigenvalue weighted by Gasteiger charge is 2.16. The van der Waals surface area contributed by atoms with E-state index < -0.39 is 0 Å². The largest absolute Gasteiger partial charge is 0.497 e. The predicted molar refractivity (Wildman–Crippen MR) is 87.4 cm³/mol. The smallest absolute Gasteiger partial charge is 0.322 e. The summed E-state index contributed by atoms with van der Waals surface area (Å²) in [6, 6.07) is 7.10. The molecule has 8 nitrogen and oxygen atoms in total. The van der Waals surface area contributed by atoms with E-state index in [-0.39, 0.29) is 18.0 Å². The third-order valence-electron chi connectivity index (χ3n) is 3.20. The SMILES string of the molecule is COc1ccc(C(CN(C)C)NC(=O)Nc2ncn(C)n2)cc1. The number of likely N-dealkylation sites (N-methyl/N-ethyl adjacent to an activating group) is 1. The number of aryl methyl sites for hydroxylation is 1. The highest BCUT2D eigenvalue weighted by molar-refractivity contribution is 5.87. The Labute approximate surface area is 135 Å². The number of nitrogens with one attached hydrogen (secondary N) is 2. The molecule has 2 amide bonds. The van der Waals surface area contributed by atoms with Crippen LogP contribution in [0.2, 0.25) is 0 Å². The van der Waals surface area contributed by atoms with E-state index in [1.807, 2.05) is 43.3 Å². The molecule has 0 radical (unpaired) electrons.